The molecule has 4 nitrogen and oxygen atoms in total. The largest absolute Gasteiger partial charge is 0.356 e. The summed E-state index contributed by atoms with van der Waals surface area (Å²) in [7, 11) is 2.29. The lowest BCUT2D eigenvalue weighted by molar-refractivity contribution is 0.102. The third-order valence-corrected chi connectivity index (χ3v) is 5.19. The van der Waals surface area contributed by atoms with Gasteiger partial charge in [-0.2, -0.15) is 0 Å². The summed E-state index contributed by atoms with van der Waals surface area (Å²) in [5.74, 6) is 1.94. The Bertz CT molecular complexity index is 465. The molecule has 4 heteroatoms. The van der Waals surface area contributed by atoms with Crippen LogP contribution in [-0.2, 0) is 13.0 Å². The number of anilines is 1. The summed E-state index contributed by atoms with van der Waals surface area (Å²) < 4.78 is 0. The summed E-state index contributed by atoms with van der Waals surface area (Å²) in [4.78, 5) is 9.88. The third-order valence-electron chi connectivity index (χ3n) is 5.19. The van der Waals surface area contributed by atoms with E-state index in [1.54, 1.807) is 0 Å². The average molecular weight is 288 g/mol. The van der Waals surface area contributed by atoms with Gasteiger partial charge in [0.25, 0.3) is 0 Å². The molecule has 116 valence electrons. The zero-order valence-corrected chi connectivity index (χ0v) is 13.4. The van der Waals surface area contributed by atoms with Crippen molar-refractivity contribution in [2.75, 3.05) is 31.6 Å². The van der Waals surface area contributed by atoms with Gasteiger partial charge in [0.1, 0.15) is 5.82 Å². The molecule has 0 amide bonds. The van der Waals surface area contributed by atoms with Crippen LogP contribution >= 0.6 is 0 Å². The summed E-state index contributed by atoms with van der Waals surface area (Å²) in [5, 5.41) is 0. The first-order chi connectivity index (χ1) is 10.2. The predicted molar refractivity (Wildman–Crippen MR) is 87.5 cm³/mol. The molecule has 0 saturated carbocycles. The van der Waals surface area contributed by atoms with E-state index in [9.17, 15) is 0 Å². The summed E-state index contributed by atoms with van der Waals surface area (Å²) in [5.41, 5.74) is 8.21. The Balaban J connectivity index is 1.78. The second-order valence-corrected chi connectivity index (χ2v) is 6.57. The zero-order valence-electron chi connectivity index (χ0n) is 13.4. The topological polar surface area (TPSA) is 45.4 Å². The molecule has 2 N–H and O–H groups in total. The smallest absolute Gasteiger partial charge is 0.129 e. The van der Waals surface area contributed by atoms with E-state index < -0.39 is 0 Å². The van der Waals surface area contributed by atoms with Gasteiger partial charge in [-0.3, -0.25) is 0 Å². The van der Waals surface area contributed by atoms with Crippen LogP contribution in [0.5, 0.6) is 0 Å². The highest BCUT2D eigenvalue weighted by atomic mass is 15.2. The molecular formula is C17H28N4. The molecule has 0 aliphatic carbocycles. The van der Waals surface area contributed by atoms with Crippen LogP contribution < -0.4 is 10.6 Å². The molecule has 21 heavy (non-hydrogen) atoms. The number of nitrogens with two attached hydrogens (primary N) is 1. The maximum atomic E-state index is 5.84. The first-order valence-electron chi connectivity index (χ1n) is 8.36. The van der Waals surface area contributed by atoms with Gasteiger partial charge in [-0.15, -0.1) is 0 Å². The average Bonchev–Trinajstić information content (AvgIpc) is 2.54. The molecule has 2 unspecified atom stereocenters. The number of hydrogen-bond acceptors (Lipinski definition) is 4. The van der Waals surface area contributed by atoms with Gasteiger partial charge in [-0.1, -0.05) is 6.92 Å². The number of aryl methyl sites for hydroxylation is 1. The van der Waals surface area contributed by atoms with Crippen molar-refractivity contribution in [1.82, 2.24) is 9.88 Å². The minimum absolute atomic E-state index is 0.602. The van der Waals surface area contributed by atoms with Crippen LogP contribution in [0.25, 0.3) is 0 Å². The predicted octanol–water partition coefficient (Wildman–Crippen LogP) is 2.02. The van der Waals surface area contributed by atoms with E-state index in [1.165, 1.54) is 31.4 Å². The molecular weight excluding hydrogens is 260 g/mol. The third kappa shape index (κ3) is 3.06. The highest BCUT2D eigenvalue weighted by Crippen LogP contribution is 2.31. The lowest BCUT2D eigenvalue weighted by Gasteiger charge is -2.46. The molecule has 3 rings (SSSR count). The van der Waals surface area contributed by atoms with Crippen LogP contribution in [-0.4, -0.2) is 42.6 Å². The molecule has 0 aromatic carbocycles. The van der Waals surface area contributed by atoms with Crippen molar-refractivity contribution in [3.63, 3.8) is 0 Å². The van der Waals surface area contributed by atoms with Crippen molar-refractivity contribution in [1.29, 1.82) is 0 Å². The van der Waals surface area contributed by atoms with Crippen LogP contribution in [0.4, 0.5) is 5.82 Å². The summed E-state index contributed by atoms with van der Waals surface area (Å²) in [6.45, 7) is 6.30. The zero-order chi connectivity index (χ0) is 14.8. The van der Waals surface area contributed by atoms with E-state index >= 15 is 0 Å². The monoisotopic (exact) mass is 288 g/mol. The van der Waals surface area contributed by atoms with Crippen molar-refractivity contribution < 1.29 is 0 Å². The number of pyridine rings is 1. The van der Waals surface area contributed by atoms with Crippen molar-refractivity contribution in [3.8, 4) is 0 Å². The fraction of sp³-hybridized carbons (Fsp3) is 0.706. The number of likely N-dealkylation sites (tertiary alicyclic amines) is 1. The highest BCUT2D eigenvalue weighted by molar-refractivity contribution is 5.43. The Morgan fingerprint density at radius 3 is 2.90 bits per heavy atom. The van der Waals surface area contributed by atoms with Gasteiger partial charge in [0.2, 0.25) is 0 Å². The number of hydrogen-bond donors (Lipinski definition) is 1. The fourth-order valence-electron chi connectivity index (χ4n) is 3.95. The van der Waals surface area contributed by atoms with E-state index in [1.807, 2.05) is 0 Å². The molecule has 2 atom stereocenters. The SMILES string of the molecule is CCc1cc(CN)cc(N2CCC3C(CCCN3C)C2)n1. The molecule has 2 saturated heterocycles. The van der Waals surface area contributed by atoms with Crippen molar-refractivity contribution >= 4 is 5.82 Å². The first kappa shape index (κ1) is 14.8. The maximum Gasteiger partial charge on any atom is 0.129 e. The standard InChI is InChI=1S/C17H28N4/c1-3-15-9-13(11-18)10-17(19-15)21-8-6-16-14(12-21)5-4-7-20(16)2/h9-10,14,16H,3-8,11-12,18H2,1-2H3. The van der Waals surface area contributed by atoms with E-state index in [0.29, 0.717) is 6.54 Å². The van der Waals surface area contributed by atoms with Gasteiger partial charge in [0.05, 0.1) is 0 Å². The van der Waals surface area contributed by atoms with Crippen molar-refractivity contribution in [3.05, 3.63) is 23.4 Å². The van der Waals surface area contributed by atoms with Gasteiger partial charge in [-0.05, 0) is 62.9 Å². The Labute approximate surface area is 128 Å². The second-order valence-electron chi connectivity index (χ2n) is 6.57. The maximum absolute atomic E-state index is 5.84. The van der Waals surface area contributed by atoms with Crippen LogP contribution in [0.1, 0.15) is 37.4 Å². The Morgan fingerprint density at radius 1 is 1.29 bits per heavy atom. The number of fused-ring (bicyclic) bond motifs is 1. The van der Waals surface area contributed by atoms with Gasteiger partial charge in [0.15, 0.2) is 0 Å². The summed E-state index contributed by atoms with van der Waals surface area (Å²) >= 11 is 0. The second kappa shape index (κ2) is 6.32. The number of rotatable bonds is 3. The van der Waals surface area contributed by atoms with E-state index in [0.717, 1.165) is 43.0 Å². The minimum atomic E-state index is 0.602. The van der Waals surface area contributed by atoms with E-state index in [2.05, 4.69) is 35.9 Å². The Kier molecular flexibility index (Phi) is 4.45. The minimum Gasteiger partial charge on any atom is -0.356 e. The molecule has 2 aliphatic heterocycles. The molecule has 1 aromatic heterocycles. The summed E-state index contributed by atoms with van der Waals surface area (Å²) in [6, 6.07) is 5.11. The van der Waals surface area contributed by atoms with E-state index in [4.69, 9.17) is 10.7 Å². The van der Waals surface area contributed by atoms with Crippen LogP contribution in [0, 0.1) is 5.92 Å². The quantitative estimate of drug-likeness (QED) is 0.924. The molecule has 0 bridgehead atoms. The normalized spacial score (nSPS) is 26.7. The fourth-order valence-corrected chi connectivity index (χ4v) is 3.95. The van der Waals surface area contributed by atoms with E-state index in [-0.39, 0.29) is 0 Å². The van der Waals surface area contributed by atoms with Gasteiger partial charge >= 0.3 is 0 Å². The first-order valence-corrected chi connectivity index (χ1v) is 8.36. The lowest BCUT2D eigenvalue weighted by Crippen LogP contribution is -2.53. The summed E-state index contributed by atoms with van der Waals surface area (Å²) in [6.07, 6.45) is 4.94. The molecule has 2 aliphatic rings. The van der Waals surface area contributed by atoms with Crippen molar-refractivity contribution in [2.45, 2.75) is 45.2 Å². The molecule has 0 spiro atoms. The van der Waals surface area contributed by atoms with Gasteiger partial charge in [0, 0.05) is 31.4 Å². The number of nitrogens with zero attached hydrogens (tertiary/aromatic N) is 3. The van der Waals surface area contributed by atoms with Gasteiger partial charge < -0.3 is 15.5 Å². The van der Waals surface area contributed by atoms with Crippen LogP contribution in [0.15, 0.2) is 12.1 Å². The lowest BCUT2D eigenvalue weighted by atomic mass is 9.84. The molecule has 2 fully saturated rings. The molecule has 1 aromatic rings. The van der Waals surface area contributed by atoms with Crippen LogP contribution in [0.2, 0.25) is 0 Å². The Morgan fingerprint density at radius 2 is 2.14 bits per heavy atom. The number of piperidine rings is 2. The highest BCUT2D eigenvalue weighted by Gasteiger charge is 2.34. The van der Waals surface area contributed by atoms with Crippen LogP contribution in [0.3, 0.4) is 0 Å². The number of aromatic nitrogens is 1. The van der Waals surface area contributed by atoms with Crippen molar-refractivity contribution in [2.24, 2.45) is 11.7 Å². The van der Waals surface area contributed by atoms with Gasteiger partial charge in [-0.25, -0.2) is 4.98 Å². The molecule has 3 heterocycles. The molecule has 0 radical (unpaired) electrons. The Hall–Kier alpha value is -1.13.